The Morgan fingerprint density at radius 2 is 1.61 bits per heavy atom. The molecule has 1 aliphatic heterocycles. The summed E-state index contributed by atoms with van der Waals surface area (Å²) in [5.41, 5.74) is 2.99. The highest BCUT2D eigenvalue weighted by Gasteiger charge is 2.49. The summed E-state index contributed by atoms with van der Waals surface area (Å²) in [5.74, 6) is -6.16. The van der Waals surface area contributed by atoms with Crippen molar-refractivity contribution in [2.24, 2.45) is 5.92 Å². The van der Waals surface area contributed by atoms with Gasteiger partial charge in [-0.15, -0.1) is 13.2 Å². The van der Waals surface area contributed by atoms with E-state index in [0.29, 0.717) is 0 Å². The highest BCUT2D eigenvalue weighted by Crippen LogP contribution is 2.35. The lowest BCUT2D eigenvalue weighted by molar-refractivity contribution is -0.353. The zero-order valence-corrected chi connectivity index (χ0v) is 17.0. The number of ether oxygens (including phenoxy) is 3. The molecular weight excluding hydrogens is 437 g/mol. The molecule has 9 nitrogen and oxygen atoms in total. The first-order valence-electron chi connectivity index (χ1n) is 9.39. The van der Waals surface area contributed by atoms with Crippen molar-refractivity contribution in [3.63, 3.8) is 0 Å². The molecule has 1 saturated carbocycles. The molecular formula is C17H24F5N3O6. The number of alkyl carbamates (subject to hydrolysis) is 1. The van der Waals surface area contributed by atoms with E-state index in [1.165, 1.54) is 0 Å². The lowest BCUT2D eigenvalue weighted by Crippen LogP contribution is -2.60. The van der Waals surface area contributed by atoms with Crippen molar-refractivity contribution in [3.05, 3.63) is 0 Å². The Hall–Kier alpha value is -2.22. The van der Waals surface area contributed by atoms with Crippen molar-refractivity contribution in [2.45, 2.75) is 76.2 Å². The first kappa shape index (κ1) is 25.0. The van der Waals surface area contributed by atoms with Gasteiger partial charge < -0.3 is 14.8 Å². The van der Waals surface area contributed by atoms with E-state index in [4.69, 9.17) is 9.47 Å². The fourth-order valence-corrected chi connectivity index (χ4v) is 2.92. The van der Waals surface area contributed by atoms with Gasteiger partial charge in [-0.05, 0) is 33.6 Å². The number of hydrogen-bond acceptors (Lipinski definition) is 6. The molecule has 0 bridgehead atoms. The molecule has 2 fully saturated rings. The quantitative estimate of drug-likeness (QED) is 0.434. The Kier molecular flexibility index (Phi) is 7.35. The number of rotatable bonds is 4. The van der Waals surface area contributed by atoms with Gasteiger partial charge in [-0.25, -0.2) is 13.6 Å². The second-order valence-corrected chi connectivity index (χ2v) is 8.32. The summed E-state index contributed by atoms with van der Waals surface area (Å²) >= 11 is 0. The van der Waals surface area contributed by atoms with Gasteiger partial charge in [0.2, 0.25) is 5.91 Å². The standard InChI is InChI=1S/C17H24F5N3O6/c1-15(2,3)31-14(28)23-11-7-29-10(6-16(11,18)19)13(27)25-24-12(26)8-4-9(5-8)30-17(20,21)22/h8-11H,4-7H2,1-3H3,(H,23,28)(H,24,26)(H,25,27)/t8?,9?,10-,11-/m0/s1. The van der Waals surface area contributed by atoms with Crippen LogP contribution in [0.3, 0.4) is 0 Å². The van der Waals surface area contributed by atoms with Crippen molar-refractivity contribution < 1.29 is 50.5 Å². The Bertz CT molecular complexity index is 691. The van der Waals surface area contributed by atoms with E-state index < -0.39 is 73.0 Å². The minimum absolute atomic E-state index is 0.197. The maximum atomic E-state index is 14.3. The molecule has 178 valence electrons. The van der Waals surface area contributed by atoms with Gasteiger partial charge in [0.1, 0.15) is 17.7 Å². The average molecular weight is 461 g/mol. The molecule has 31 heavy (non-hydrogen) atoms. The molecule has 2 aliphatic rings. The summed E-state index contributed by atoms with van der Waals surface area (Å²) in [6.07, 6.45) is -10.1. The third kappa shape index (κ3) is 7.76. The molecule has 2 atom stereocenters. The van der Waals surface area contributed by atoms with E-state index in [2.05, 4.69) is 4.74 Å². The summed E-state index contributed by atoms with van der Waals surface area (Å²) in [6.45, 7) is 3.99. The van der Waals surface area contributed by atoms with Crippen LogP contribution in [0.2, 0.25) is 0 Å². The molecule has 1 aliphatic carbocycles. The van der Waals surface area contributed by atoms with Gasteiger partial charge in [-0.3, -0.25) is 25.2 Å². The van der Waals surface area contributed by atoms with Crippen LogP contribution in [-0.2, 0) is 23.8 Å². The van der Waals surface area contributed by atoms with Gasteiger partial charge in [0.15, 0.2) is 0 Å². The minimum atomic E-state index is -4.81. The van der Waals surface area contributed by atoms with E-state index >= 15 is 0 Å². The van der Waals surface area contributed by atoms with Crippen LogP contribution >= 0.6 is 0 Å². The highest BCUT2D eigenvalue weighted by atomic mass is 19.4. The molecule has 3 amide bonds. The molecule has 2 rings (SSSR count). The van der Waals surface area contributed by atoms with Crippen molar-refractivity contribution in [2.75, 3.05) is 6.61 Å². The molecule has 0 aromatic heterocycles. The third-order valence-electron chi connectivity index (χ3n) is 4.49. The average Bonchev–Trinajstić information content (AvgIpc) is 2.54. The fourth-order valence-electron chi connectivity index (χ4n) is 2.92. The summed E-state index contributed by atoms with van der Waals surface area (Å²) in [4.78, 5) is 35.5. The third-order valence-corrected chi connectivity index (χ3v) is 4.49. The zero-order chi connectivity index (χ0) is 23.6. The maximum absolute atomic E-state index is 14.3. The molecule has 0 unspecified atom stereocenters. The smallest absolute Gasteiger partial charge is 0.444 e. The van der Waals surface area contributed by atoms with Crippen LogP contribution in [0.15, 0.2) is 0 Å². The predicted octanol–water partition coefficient (Wildman–Crippen LogP) is 1.77. The van der Waals surface area contributed by atoms with Crippen LogP contribution in [0, 0.1) is 5.92 Å². The van der Waals surface area contributed by atoms with Crippen LogP contribution < -0.4 is 16.2 Å². The zero-order valence-electron chi connectivity index (χ0n) is 17.0. The molecule has 0 radical (unpaired) electrons. The second-order valence-electron chi connectivity index (χ2n) is 8.32. The van der Waals surface area contributed by atoms with Crippen LogP contribution in [0.25, 0.3) is 0 Å². The molecule has 1 saturated heterocycles. The number of nitrogens with one attached hydrogen (secondary N) is 3. The van der Waals surface area contributed by atoms with E-state index in [-0.39, 0.29) is 12.8 Å². The van der Waals surface area contributed by atoms with Gasteiger partial charge in [0.05, 0.1) is 12.7 Å². The minimum Gasteiger partial charge on any atom is -0.444 e. The van der Waals surface area contributed by atoms with Crippen LogP contribution in [0.1, 0.15) is 40.0 Å². The topological polar surface area (TPSA) is 115 Å². The Labute approximate surface area is 174 Å². The number of carbonyl (C=O) groups excluding carboxylic acids is 3. The molecule has 1 heterocycles. The largest absolute Gasteiger partial charge is 0.522 e. The molecule has 14 heteroatoms. The lowest BCUT2D eigenvalue weighted by Gasteiger charge is -2.36. The Morgan fingerprint density at radius 1 is 1.03 bits per heavy atom. The summed E-state index contributed by atoms with van der Waals surface area (Å²) in [6, 6.07) is -1.72. The van der Waals surface area contributed by atoms with Crippen molar-refractivity contribution in [1.29, 1.82) is 0 Å². The van der Waals surface area contributed by atoms with Gasteiger partial charge in [0, 0.05) is 12.3 Å². The summed E-state index contributed by atoms with van der Waals surface area (Å²) in [5, 5.41) is 2.00. The van der Waals surface area contributed by atoms with E-state index in [1.807, 2.05) is 16.2 Å². The number of alkyl halides is 5. The predicted molar refractivity (Wildman–Crippen MR) is 92.4 cm³/mol. The molecule has 0 aromatic carbocycles. The number of carbonyl (C=O) groups is 3. The number of halogens is 5. The van der Waals surface area contributed by atoms with E-state index in [1.54, 1.807) is 20.8 Å². The first-order chi connectivity index (χ1) is 14.1. The first-order valence-corrected chi connectivity index (χ1v) is 9.39. The summed E-state index contributed by atoms with van der Waals surface area (Å²) < 4.78 is 78.6. The normalized spacial score (nSPS) is 28.1. The summed E-state index contributed by atoms with van der Waals surface area (Å²) in [7, 11) is 0. The number of amides is 3. The Balaban J connectivity index is 1.75. The Morgan fingerprint density at radius 3 is 2.13 bits per heavy atom. The van der Waals surface area contributed by atoms with Crippen LogP contribution in [-0.4, -0.2) is 60.7 Å². The van der Waals surface area contributed by atoms with Crippen LogP contribution in [0.5, 0.6) is 0 Å². The second kappa shape index (κ2) is 9.10. The number of hydrogen-bond donors (Lipinski definition) is 3. The van der Waals surface area contributed by atoms with E-state index in [0.717, 1.165) is 0 Å². The van der Waals surface area contributed by atoms with Crippen molar-refractivity contribution >= 4 is 17.9 Å². The molecule has 0 spiro atoms. The molecule has 0 aromatic rings. The maximum Gasteiger partial charge on any atom is 0.522 e. The fraction of sp³-hybridized carbons (Fsp3) is 0.824. The van der Waals surface area contributed by atoms with Crippen LogP contribution in [0.4, 0.5) is 26.7 Å². The van der Waals surface area contributed by atoms with Crippen molar-refractivity contribution in [1.82, 2.24) is 16.2 Å². The van der Waals surface area contributed by atoms with E-state index in [9.17, 15) is 36.3 Å². The number of hydrazine groups is 1. The van der Waals surface area contributed by atoms with Gasteiger partial charge in [-0.2, -0.15) is 0 Å². The SMILES string of the molecule is CC(C)(C)OC(=O)N[C@H]1CO[C@H](C(=O)NNC(=O)C2CC(OC(F)(F)F)C2)CC1(F)F. The van der Waals surface area contributed by atoms with Gasteiger partial charge in [-0.1, -0.05) is 0 Å². The molecule has 3 N–H and O–H groups in total. The monoisotopic (exact) mass is 461 g/mol. The lowest BCUT2D eigenvalue weighted by atomic mass is 9.82. The van der Waals surface area contributed by atoms with Crippen molar-refractivity contribution in [3.8, 4) is 0 Å². The highest BCUT2D eigenvalue weighted by molar-refractivity contribution is 5.86. The van der Waals surface area contributed by atoms with Gasteiger partial charge >= 0.3 is 12.5 Å². The van der Waals surface area contributed by atoms with Gasteiger partial charge in [0.25, 0.3) is 11.8 Å².